The van der Waals surface area contributed by atoms with Gasteiger partial charge in [0.25, 0.3) is 0 Å². The summed E-state index contributed by atoms with van der Waals surface area (Å²) in [6.07, 6.45) is 4.29. The molecular formula is C13H14Cl2O2. The lowest BCUT2D eigenvalue weighted by Crippen LogP contribution is -2.19. The molecule has 1 aromatic carbocycles. The maximum absolute atomic E-state index is 11.8. The topological polar surface area (TPSA) is 26.3 Å². The molecule has 0 heterocycles. The van der Waals surface area contributed by atoms with Gasteiger partial charge in [-0.15, -0.1) is 0 Å². The molecule has 0 radical (unpaired) electrons. The van der Waals surface area contributed by atoms with Crippen LogP contribution in [0.2, 0.25) is 10.0 Å². The Hall–Kier alpha value is -0.730. The van der Waals surface area contributed by atoms with E-state index in [0.29, 0.717) is 15.8 Å². The highest BCUT2D eigenvalue weighted by atomic mass is 35.5. The molecule has 0 bridgehead atoms. The predicted molar refractivity (Wildman–Crippen MR) is 68.9 cm³/mol. The molecule has 0 saturated heterocycles. The molecule has 0 aromatic heterocycles. The van der Waals surface area contributed by atoms with Crippen molar-refractivity contribution in [1.29, 1.82) is 0 Å². The number of ether oxygens (including phenoxy) is 1. The van der Waals surface area contributed by atoms with Crippen molar-refractivity contribution in [3.8, 4) is 5.75 Å². The first-order valence-electron chi connectivity index (χ1n) is 5.77. The van der Waals surface area contributed by atoms with Crippen molar-refractivity contribution in [2.75, 3.05) is 6.61 Å². The zero-order valence-electron chi connectivity index (χ0n) is 9.42. The van der Waals surface area contributed by atoms with Crippen molar-refractivity contribution in [3.63, 3.8) is 0 Å². The van der Waals surface area contributed by atoms with Crippen molar-refractivity contribution >= 4 is 29.0 Å². The SMILES string of the molecule is O=C(COc1ccc(Cl)cc1Cl)C1CCCC1. The molecule has 0 unspecified atom stereocenters. The molecule has 0 atom stereocenters. The number of hydrogen-bond acceptors (Lipinski definition) is 2. The van der Waals surface area contributed by atoms with Gasteiger partial charge < -0.3 is 4.74 Å². The minimum absolute atomic E-state index is 0.103. The van der Waals surface area contributed by atoms with Crippen molar-refractivity contribution in [3.05, 3.63) is 28.2 Å². The molecule has 0 spiro atoms. The number of Topliss-reactive ketones (excluding diaryl/α,β-unsaturated/α-hetero) is 1. The molecule has 0 amide bonds. The summed E-state index contributed by atoms with van der Waals surface area (Å²) in [4.78, 5) is 11.8. The van der Waals surface area contributed by atoms with E-state index >= 15 is 0 Å². The first-order chi connectivity index (χ1) is 8.16. The molecule has 1 saturated carbocycles. The normalized spacial score (nSPS) is 16.1. The Balaban J connectivity index is 1.90. The number of halogens is 2. The van der Waals surface area contributed by atoms with Gasteiger partial charge in [-0.3, -0.25) is 4.79 Å². The molecule has 1 fully saturated rings. The van der Waals surface area contributed by atoms with Crippen molar-refractivity contribution in [2.45, 2.75) is 25.7 Å². The number of rotatable bonds is 4. The van der Waals surface area contributed by atoms with E-state index < -0.39 is 0 Å². The van der Waals surface area contributed by atoms with Crippen LogP contribution in [0.25, 0.3) is 0 Å². The lowest BCUT2D eigenvalue weighted by Gasteiger charge is -2.10. The predicted octanol–water partition coefficient (Wildman–Crippen LogP) is 4.13. The van der Waals surface area contributed by atoms with Gasteiger partial charge in [-0.1, -0.05) is 36.0 Å². The van der Waals surface area contributed by atoms with Crippen molar-refractivity contribution in [1.82, 2.24) is 0 Å². The molecule has 1 aliphatic carbocycles. The lowest BCUT2D eigenvalue weighted by atomic mass is 10.0. The van der Waals surface area contributed by atoms with Gasteiger partial charge in [-0.25, -0.2) is 0 Å². The van der Waals surface area contributed by atoms with Gasteiger partial charge in [0, 0.05) is 10.9 Å². The van der Waals surface area contributed by atoms with Gasteiger partial charge in [0.15, 0.2) is 5.78 Å². The van der Waals surface area contributed by atoms with E-state index in [1.807, 2.05) is 0 Å². The monoisotopic (exact) mass is 272 g/mol. The Morgan fingerprint density at radius 3 is 2.65 bits per heavy atom. The summed E-state index contributed by atoms with van der Waals surface area (Å²) in [5.74, 6) is 0.872. The molecular weight excluding hydrogens is 259 g/mol. The molecule has 0 N–H and O–H groups in total. The summed E-state index contributed by atoms with van der Waals surface area (Å²) < 4.78 is 5.43. The van der Waals surface area contributed by atoms with Crippen LogP contribution in [0.15, 0.2) is 18.2 Å². The zero-order chi connectivity index (χ0) is 12.3. The van der Waals surface area contributed by atoms with Crippen LogP contribution in [-0.2, 0) is 4.79 Å². The number of carbonyl (C=O) groups is 1. The van der Waals surface area contributed by atoms with Gasteiger partial charge in [0.2, 0.25) is 0 Å². The van der Waals surface area contributed by atoms with Gasteiger partial charge >= 0.3 is 0 Å². The summed E-state index contributed by atoms with van der Waals surface area (Å²) in [5, 5.41) is 1.00. The molecule has 2 rings (SSSR count). The Labute approximate surface area is 111 Å². The van der Waals surface area contributed by atoms with Gasteiger partial charge in [-0.2, -0.15) is 0 Å². The van der Waals surface area contributed by atoms with E-state index in [-0.39, 0.29) is 18.3 Å². The fourth-order valence-electron chi connectivity index (χ4n) is 2.11. The molecule has 0 aliphatic heterocycles. The number of ketones is 1. The van der Waals surface area contributed by atoms with Crippen LogP contribution in [-0.4, -0.2) is 12.4 Å². The van der Waals surface area contributed by atoms with E-state index in [1.165, 1.54) is 0 Å². The fourth-order valence-corrected chi connectivity index (χ4v) is 2.57. The standard InChI is InChI=1S/C13H14Cl2O2/c14-10-5-6-13(11(15)7-10)17-8-12(16)9-3-1-2-4-9/h5-7,9H,1-4,8H2. The highest BCUT2D eigenvalue weighted by Crippen LogP contribution is 2.29. The van der Waals surface area contributed by atoms with Crippen LogP contribution in [0.5, 0.6) is 5.75 Å². The van der Waals surface area contributed by atoms with Crippen LogP contribution >= 0.6 is 23.2 Å². The third-order valence-corrected chi connectivity index (χ3v) is 3.60. The first kappa shape index (κ1) is 12.7. The summed E-state index contributed by atoms with van der Waals surface area (Å²) in [6.45, 7) is 0.103. The van der Waals surface area contributed by atoms with Crippen LogP contribution in [0.3, 0.4) is 0 Å². The molecule has 1 aliphatic rings. The molecule has 17 heavy (non-hydrogen) atoms. The fraction of sp³-hybridized carbons (Fsp3) is 0.462. The Bertz CT molecular complexity index is 412. The summed E-state index contributed by atoms with van der Waals surface area (Å²) in [7, 11) is 0. The largest absolute Gasteiger partial charge is 0.484 e. The average Bonchev–Trinajstić information content (AvgIpc) is 2.81. The lowest BCUT2D eigenvalue weighted by molar-refractivity contribution is -0.124. The Morgan fingerprint density at radius 1 is 1.29 bits per heavy atom. The van der Waals surface area contributed by atoms with E-state index in [1.54, 1.807) is 18.2 Å². The van der Waals surface area contributed by atoms with E-state index in [2.05, 4.69) is 0 Å². The van der Waals surface area contributed by atoms with E-state index in [0.717, 1.165) is 25.7 Å². The average molecular weight is 273 g/mol. The number of carbonyl (C=O) groups excluding carboxylic acids is 1. The maximum atomic E-state index is 11.8. The van der Waals surface area contributed by atoms with Crippen molar-refractivity contribution in [2.24, 2.45) is 5.92 Å². The van der Waals surface area contributed by atoms with Gasteiger partial charge in [0.1, 0.15) is 12.4 Å². The summed E-state index contributed by atoms with van der Waals surface area (Å²) in [6, 6.07) is 4.99. The maximum Gasteiger partial charge on any atom is 0.173 e. The quantitative estimate of drug-likeness (QED) is 0.824. The molecule has 1 aromatic rings. The molecule has 2 nitrogen and oxygen atoms in total. The zero-order valence-corrected chi connectivity index (χ0v) is 10.9. The third-order valence-electron chi connectivity index (χ3n) is 3.07. The highest BCUT2D eigenvalue weighted by Gasteiger charge is 2.22. The van der Waals surface area contributed by atoms with Gasteiger partial charge in [-0.05, 0) is 31.0 Å². The number of benzene rings is 1. The van der Waals surface area contributed by atoms with Crippen LogP contribution < -0.4 is 4.74 Å². The molecule has 92 valence electrons. The second-order valence-corrected chi connectivity index (χ2v) is 5.15. The summed E-state index contributed by atoms with van der Waals surface area (Å²) in [5.41, 5.74) is 0. The van der Waals surface area contributed by atoms with E-state index in [4.69, 9.17) is 27.9 Å². The molecule has 4 heteroatoms. The first-order valence-corrected chi connectivity index (χ1v) is 6.53. The third kappa shape index (κ3) is 3.36. The van der Waals surface area contributed by atoms with E-state index in [9.17, 15) is 4.79 Å². The number of hydrogen-bond donors (Lipinski definition) is 0. The Morgan fingerprint density at radius 2 is 2.00 bits per heavy atom. The minimum atomic E-state index is 0.103. The highest BCUT2D eigenvalue weighted by molar-refractivity contribution is 6.35. The van der Waals surface area contributed by atoms with Crippen molar-refractivity contribution < 1.29 is 9.53 Å². The smallest absolute Gasteiger partial charge is 0.173 e. The Kier molecular flexibility index (Phi) is 4.30. The second kappa shape index (κ2) is 5.74. The minimum Gasteiger partial charge on any atom is -0.484 e. The van der Waals surface area contributed by atoms with Gasteiger partial charge in [0.05, 0.1) is 5.02 Å². The summed E-state index contributed by atoms with van der Waals surface area (Å²) >= 11 is 11.7. The van der Waals surface area contributed by atoms with Crippen LogP contribution in [0, 0.1) is 5.92 Å². The second-order valence-electron chi connectivity index (χ2n) is 4.31. The van der Waals surface area contributed by atoms with Crippen LogP contribution in [0.4, 0.5) is 0 Å². The van der Waals surface area contributed by atoms with Crippen LogP contribution in [0.1, 0.15) is 25.7 Å².